The first-order valence-electron chi connectivity index (χ1n) is 9.80. The Morgan fingerprint density at radius 3 is 2.31 bits per heavy atom. The van der Waals surface area contributed by atoms with Crippen molar-refractivity contribution in [3.63, 3.8) is 0 Å². The van der Waals surface area contributed by atoms with Gasteiger partial charge in [0.05, 0.1) is 35.9 Å². The Labute approximate surface area is 196 Å². The number of aliphatic hydroxyl groups excluding tert-OH is 1. The summed E-state index contributed by atoms with van der Waals surface area (Å²) in [4.78, 5) is 29.4. The van der Waals surface area contributed by atoms with Gasteiger partial charge in [-0.25, -0.2) is 0 Å². The quantitative estimate of drug-likeness (QED) is 0.368. The second-order valence-electron chi connectivity index (χ2n) is 7.55. The fourth-order valence-electron chi connectivity index (χ4n) is 3.62. The van der Waals surface area contributed by atoms with Gasteiger partial charge in [0, 0.05) is 18.7 Å². The SMILES string of the molecule is COc1cccc(C2/C(=C(\O)c3cc(Cl)c(OC)c(Cl)c3)C(=O)C(=O)N2CCN(C)C)c1. The highest BCUT2D eigenvalue weighted by atomic mass is 35.5. The van der Waals surface area contributed by atoms with Gasteiger partial charge < -0.3 is 24.4 Å². The molecule has 32 heavy (non-hydrogen) atoms. The number of aliphatic hydroxyl groups is 1. The predicted octanol–water partition coefficient (Wildman–Crippen LogP) is 3.99. The number of likely N-dealkylation sites (N-methyl/N-ethyl adjacent to an activating group) is 1. The number of likely N-dealkylation sites (tertiary alicyclic amines) is 1. The number of benzene rings is 2. The number of rotatable bonds is 7. The van der Waals surface area contributed by atoms with E-state index in [4.69, 9.17) is 32.7 Å². The number of hydrogen-bond donors (Lipinski definition) is 1. The van der Waals surface area contributed by atoms with Gasteiger partial charge in [0.15, 0.2) is 5.75 Å². The molecule has 1 amide bonds. The highest BCUT2D eigenvalue weighted by molar-refractivity contribution is 6.46. The van der Waals surface area contributed by atoms with Crippen LogP contribution < -0.4 is 9.47 Å². The third kappa shape index (κ3) is 4.55. The fraction of sp³-hybridized carbons (Fsp3) is 0.304. The molecule has 3 rings (SSSR count). The zero-order chi connectivity index (χ0) is 23.6. The van der Waals surface area contributed by atoms with Gasteiger partial charge in [0.1, 0.15) is 11.5 Å². The van der Waals surface area contributed by atoms with Crippen LogP contribution in [0.4, 0.5) is 0 Å². The third-order valence-corrected chi connectivity index (χ3v) is 5.77. The zero-order valence-corrected chi connectivity index (χ0v) is 19.7. The molecular weight excluding hydrogens is 455 g/mol. The van der Waals surface area contributed by atoms with E-state index in [1.165, 1.54) is 31.3 Å². The van der Waals surface area contributed by atoms with E-state index in [-0.39, 0.29) is 32.7 Å². The molecule has 0 bridgehead atoms. The third-order valence-electron chi connectivity index (χ3n) is 5.21. The van der Waals surface area contributed by atoms with Crippen molar-refractivity contribution >= 4 is 40.7 Å². The maximum absolute atomic E-state index is 13.1. The lowest BCUT2D eigenvalue weighted by Crippen LogP contribution is -2.35. The second-order valence-corrected chi connectivity index (χ2v) is 8.36. The molecule has 0 radical (unpaired) electrons. The molecule has 1 heterocycles. The summed E-state index contributed by atoms with van der Waals surface area (Å²) >= 11 is 12.5. The van der Waals surface area contributed by atoms with E-state index >= 15 is 0 Å². The van der Waals surface area contributed by atoms with Crippen molar-refractivity contribution in [3.8, 4) is 11.5 Å². The van der Waals surface area contributed by atoms with Crippen molar-refractivity contribution in [2.45, 2.75) is 6.04 Å². The minimum Gasteiger partial charge on any atom is -0.507 e. The molecule has 9 heteroatoms. The summed E-state index contributed by atoms with van der Waals surface area (Å²) in [6.45, 7) is 0.827. The van der Waals surface area contributed by atoms with Crippen LogP contribution in [0.1, 0.15) is 17.2 Å². The van der Waals surface area contributed by atoms with Gasteiger partial charge in [0.2, 0.25) is 0 Å². The monoisotopic (exact) mass is 478 g/mol. The smallest absolute Gasteiger partial charge is 0.295 e. The van der Waals surface area contributed by atoms with Crippen LogP contribution in [0.5, 0.6) is 11.5 Å². The Bertz CT molecular complexity index is 1060. The number of Topliss-reactive ketones (excluding diaryl/α,β-unsaturated/α-hetero) is 1. The van der Waals surface area contributed by atoms with Crippen LogP contribution in [-0.4, -0.2) is 68.0 Å². The van der Waals surface area contributed by atoms with Crippen molar-refractivity contribution in [2.75, 3.05) is 41.4 Å². The van der Waals surface area contributed by atoms with Gasteiger partial charge in [-0.2, -0.15) is 0 Å². The van der Waals surface area contributed by atoms with Crippen LogP contribution in [0.15, 0.2) is 42.0 Å². The molecule has 7 nitrogen and oxygen atoms in total. The summed E-state index contributed by atoms with van der Waals surface area (Å²) in [7, 11) is 6.70. The first-order valence-corrected chi connectivity index (χ1v) is 10.6. The lowest BCUT2D eigenvalue weighted by atomic mass is 9.95. The molecule has 1 aliphatic rings. The molecule has 2 aromatic rings. The van der Waals surface area contributed by atoms with E-state index in [2.05, 4.69) is 0 Å². The maximum atomic E-state index is 13.1. The molecular formula is C23H24Cl2N2O5. The summed E-state index contributed by atoms with van der Waals surface area (Å²) in [5.41, 5.74) is 0.799. The van der Waals surface area contributed by atoms with Crippen LogP contribution >= 0.6 is 23.2 Å². The van der Waals surface area contributed by atoms with E-state index < -0.39 is 17.7 Å². The summed E-state index contributed by atoms with van der Waals surface area (Å²) in [6, 6.07) is 9.13. The Balaban J connectivity index is 2.20. The molecule has 0 spiro atoms. The van der Waals surface area contributed by atoms with Gasteiger partial charge in [-0.1, -0.05) is 35.3 Å². The van der Waals surface area contributed by atoms with Crippen molar-refractivity contribution in [3.05, 3.63) is 63.1 Å². The number of amides is 1. The van der Waals surface area contributed by atoms with E-state index in [0.29, 0.717) is 24.4 Å². The second kappa shape index (κ2) is 9.81. The van der Waals surface area contributed by atoms with Gasteiger partial charge in [-0.05, 0) is 43.9 Å². The van der Waals surface area contributed by atoms with Crippen LogP contribution in [0.2, 0.25) is 10.0 Å². The largest absolute Gasteiger partial charge is 0.507 e. The molecule has 1 N–H and O–H groups in total. The van der Waals surface area contributed by atoms with Crippen molar-refractivity contribution < 1.29 is 24.2 Å². The van der Waals surface area contributed by atoms with Gasteiger partial charge >= 0.3 is 0 Å². The summed E-state index contributed by atoms with van der Waals surface area (Å²) in [5.74, 6) is -1.02. The van der Waals surface area contributed by atoms with Crippen molar-refractivity contribution in [1.29, 1.82) is 0 Å². The number of ether oxygens (including phenoxy) is 2. The Kier molecular flexibility index (Phi) is 7.33. The number of methoxy groups -OCH3 is 2. The van der Waals surface area contributed by atoms with Crippen LogP contribution in [0.25, 0.3) is 5.76 Å². The minimum absolute atomic E-state index is 0.0423. The number of carbonyl (C=O) groups excluding carboxylic acids is 2. The normalized spacial score (nSPS) is 17.8. The number of hydrogen-bond acceptors (Lipinski definition) is 6. The zero-order valence-electron chi connectivity index (χ0n) is 18.2. The van der Waals surface area contributed by atoms with E-state index in [0.717, 1.165) is 0 Å². The Morgan fingerprint density at radius 2 is 1.75 bits per heavy atom. The van der Waals surface area contributed by atoms with Crippen LogP contribution in [-0.2, 0) is 9.59 Å². The highest BCUT2D eigenvalue weighted by Gasteiger charge is 2.46. The summed E-state index contributed by atoms with van der Waals surface area (Å²) < 4.78 is 10.5. The lowest BCUT2D eigenvalue weighted by Gasteiger charge is -2.26. The predicted molar refractivity (Wildman–Crippen MR) is 124 cm³/mol. The molecule has 1 atom stereocenters. The molecule has 1 unspecified atom stereocenters. The van der Waals surface area contributed by atoms with Gasteiger partial charge in [-0.3, -0.25) is 9.59 Å². The molecule has 0 saturated carbocycles. The average molecular weight is 479 g/mol. The van der Waals surface area contributed by atoms with Crippen molar-refractivity contribution in [1.82, 2.24) is 9.80 Å². The topological polar surface area (TPSA) is 79.3 Å². The number of halogens is 2. The minimum atomic E-state index is -0.801. The Hall–Kier alpha value is -2.74. The first-order chi connectivity index (χ1) is 15.2. The van der Waals surface area contributed by atoms with E-state index in [9.17, 15) is 14.7 Å². The molecule has 2 aromatic carbocycles. The molecule has 170 valence electrons. The maximum Gasteiger partial charge on any atom is 0.295 e. The number of carbonyl (C=O) groups is 2. The number of ketones is 1. The summed E-state index contributed by atoms with van der Waals surface area (Å²) in [5, 5.41) is 11.5. The molecule has 0 aliphatic carbocycles. The van der Waals surface area contributed by atoms with Gasteiger partial charge in [-0.15, -0.1) is 0 Å². The molecule has 1 aliphatic heterocycles. The van der Waals surface area contributed by atoms with E-state index in [1.54, 1.807) is 24.3 Å². The van der Waals surface area contributed by atoms with E-state index in [1.807, 2.05) is 19.0 Å². The van der Waals surface area contributed by atoms with Gasteiger partial charge in [0.25, 0.3) is 11.7 Å². The average Bonchev–Trinajstić information content (AvgIpc) is 3.01. The first kappa shape index (κ1) is 23.9. The lowest BCUT2D eigenvalue weighted by molar-refractivity contribution is -0.140. The molecule has 1 saturated heterocycles. The Morgan fingerprint density at radius 1 is 1.09 bits per heavy atom. The van der Waals surface area contributed by atoms with Crippen molar-refractivity contribution in [2.24, 2.45) is 0 Å². The fourth-order valence-corrected chi connectivity index (χ4v) is 4.27. The highest BCUT2D eigenvalue weighted by Crippen LogP contribution is 2.42. The summed E-state index contributed by atoms with van der Waals surface area (Å²) in [6.07, 6.45) is 0. The standard InChI is InChI=1S/C23H24Cl2N2O5/c1-26(2)8-9-27-19(13-6-5-7-15(10-13)31-3)18(21(29)23(27)30)20(28)14-11-16(24)22(32-4)17(25)12-14/h5-7,10-12,19,28H,8-9H2,1-4H3/b20-18+. The number of nitrogens with zero attached hydrogens (tertiary/aromatic N) is 2. The molecule has 0 aromatic heterocycles. The molecule has 1 fully saturated rings. The van der Waals surface area contributed by atoms with Crippen LogP contribution in [0, 0.1) is 0 Å². The van der Waals surface area contributed by atoms with Crippen LogP contribution in [0.3, 0.4) is 0 Å².